The lowest BCUT2D eigenvalue weighted by atomic mass is 10.5. The molecule has 2 atom stereocenters. The molecule has 19 heavy (non-hydrogen) atoms. The molecule has 0 bridgehead atoms. The van der Waals surface area contributed by atoms with Crippen molar-refractivity contribution in [2.24, 2.45) is 0 Å². The Hall–Kier alpha value is -0.620. The lowest BCUT2D eigenvalue weighted by Crippen LogP contribution is -2.31. The van der Waals surface area contributed by atoms with Gasteiger partial charge in [-0.15, -0.1) is 26.8 Å². The van der Waals surface area contributed by atoms with Gasteiger partial charge < -0.3 is 10.2 Å². The van der Waals surface area contributed by atoms with Gasteiger partial charge in [0, 0.05) is 0 Å². The Bertz CT molecular complexity index is 501. The second-order valence-electron chi connectivity index (χ2n) is 3.13. The third-order valence-corrected chi connectivity index (χ3v) is 5.63. The van der Waals surface area contributed by atoms with Crippen LogP contribution in [0.4, 0.5) is 0 Å². The van der Waals surface area contributed by atoms with Crippen LogP contribution < -0.4 is 0 Å². The molecule has 0 heterocycles. The van der Waals surface area contributed by atoms with Gasteiger partial charge in [0.2, 0.25) is 0 Å². The topological polar surface area (TPSA) is 152 Å². The highest BCUT2D eigenvalue weighted by atomic mass is 35.5. The summed E-state index contributed by atoms with van der Waals surface area (Å²) in [6.45, 7) is 0. The van der Waals surface area contributed by atoms with Crippen molar-refractivity contribution in [3.63, 3.8) is 0 Å². The molecule has 9 nitrogen and oxygen atoms in total. The molecule has 2 N–H and O–H groups in total. The van der Waals surface area contributed by atoms with Crippen LogP contribution in [0.5, 0.6) is 0 Å². The zero-order valence-electron chi connectivity index (χ0n) is 8.89. The van der Waals surface area contributed by atoms with Gasteiger partial charge in [-0.2, -0.15) is 16.8 Å². The van der Waals surface area contributed by atoms with Gasteiger partial charge in [0.15, 0.2) is 0 Å². The molecule has 0 aromatic rings. The van der Waals surface area contributed by atoms with Crippen LogP contribution in [0.1, 0.15) is 0 Å². The SMILES string of the molecule is O=C(O)C(Cl)CS(=O)(=O)OS(=O)(=O)CC(Cl)C(=O)O. The smallest absolute Gasteiger partial charge is 0.322 e. The van der Waals surface area contributed by atoms with Gasteiger partial charge in [0.1, 0.15) is 22.3 Å². The summed E-state index contributed by atoms with van der Waals surface area (Å²) >= 11 is 10.2. The van der Waals surface area contributed by atoms with Crippen LogP contribution in [0.25, 0.3) is 0 Å². The monoisotopic (exact) mass is 358 g/mol. The number of rotatable bonds is 8. The van der Waals surface area contributed by atoms with Crippen molar-refractivity contribution in [3.05, 3.63) is 0 Å². The number of carbonyl (C=O) groups is 2. The number of hydrogen-bond donors (Lipinski definition) is 2. The van der Waals surface area contributed by atoms with Crippen molar-refractivity contribution < 1.29 is 40.3 Å². The third kappa shape index (κ3) is 7.52. The average molecular weight is 359 g/mol. The Balaban J connectivity index is 4.83. The average Bonchev–Trinajstić information content (AvgIpc) is 2.13. The van der Waals surface area contributed by atoms with E-state index in [9.17, 15) is 26.4 Å². The molecular formula is C6H8Cl2O9S2. The lowest BCUT2D eigenvalue weighted by Gasteiger charge is -2.08. The summed E-state index contributed by atoms with van der Waals surface area (Å²) in [6, 6.07) is 0. The molecule has 112 valence electrons. The molecule has 0 amide bonds. The molecule has 13 heteroatoms. The zero-order valence-corrected chi connectivity index (χ0v) is 12.0. The van der Waals surface area contributed by atoms with Crippen LogP contribution in [0, 0.1) is 0 Å². The lowest BCUT2D eigenvalue weighted by molar-refractivity contribution is -0.137. The molecule has 0 saturated heterocycles. The first kappa shape index (κ1) is 18.4. The molecule has 0 aromatic carbocycles. The first-order chi connectivity index (χ1) is 8.36. The quantitative estimate of drug-likeness (QED) is 0.522. The molecule has 0 aliphatic heterocycles. The molecular weight excluding hydrogens is 351 g/mol. The minimum absolute atomic E-state index is 1.30. The number of halogens is 2. The summed E-state index contributed by atoms with van der Waals surface area (Å²) in [5.74, 6) is -5.98. The van der Waals surface area contributed by atoms with Crippen LogP contribution in [0.15, 0.2) is 0 Å². The van der Waals surface area contributed by atoms with Gasteiger partial charge >= 0.3 is 11.9 Å². The van der Waals surface area contributed by atoms with Crippen LogP contribution in [0.3, 0.4) is 0 Å². The fourth-order valence-electron chi connectivity index (χ4n) is 0.715. The van der Waals surface area contributed by atoms with Crippen molar-refractivity contribution in [2.45, 2.75) is 10.8 Å². The van der Waals surface area contributed by atoms with E-state index in [1.165, 1.54) is 0 Å². The van der Waals surface area contributed by atoms with Crippen molar-refractivity contribution in [1.82, 2.24) is 0 Å². The van der Waals surface area contributed by atoms with Crippen molar-refractivity contribution in [1.29, 1.82) is 0 Å². The first-order valence-corrected chi connectivity index (χ1v) is 8.29. The van der Waals surface area contributed by atoms with Gasteiger partial charge in [0.25, 0.3) is 20.2 Å². The number of aliphatic carboxylic acids is 2. The summed E-state index contributed by atoms with van der Waals surface area (Å²) in [5.41, 5.74) is 0. The highest BCUT2D eigenvalue weighted by molar-refractivity contribution is 8.00. The molecule has 0 fully saturated rings. The minimum Gasteiger partial charge on any atom is -0.480 e. The summed E-state index contributed by atoms with van der Waals surface area (Å²) in [7, 11) is -9.61. The van der Waals surface area contributed by atoms with Gasteiger partial charge in [-0.1, -0.05) is 0 Å². The Morgan fingerprint density at radius 1 is 0.895 bits per heavy atom. The molecule has 0 radical (unpaired) electrons. The maximum absolute atomic E-state index is 11.2. The maximum Gasteiger partial charge on any atom is 0.322 e. The van der Waals surface area contributed by atoms with Crippen LogP contribution in [-0.2, 0) is 33.5 Å². The number of carboxylic acid groups (broad SMARTS) is 2. The van der Waals surface area contributed by atoms with E-state index < -0.39 is 54.4 Å². The number of alkyl halides is 2. The summed E-state index contributed by atoms with van der Waals surface area (Å²) in [5, 5.41) is 12.9. The molecule has 0 aliphatic rings. The molecule has 0 spiro atoms. The molecule has 0 aromatic heterocycles. The fraction of sp³-hybridized carbons (Fsp3) is 0.667. The van der Waals surface area contributed by atoms with Crippen molar-refractivity contribution in [3.8, 4) is 0 Å². The Morgan fingerprint density at radius 3 is 1.37 bits per heavy atom. The van der Waals surface area contributed by atoms with E-state index >= 15 is 0 Å². The van der Waals surface area contributed by atoms with E-state index in [-0.39, 0.29) is 0 Å². The van der Waals surface area contributed by atoms with E-state index in [2.05, 4.69) is 3.63 Å². The second kappa shape index (κ2) is 6.70. The predicted molar refractivity (Wildman–Crippen MR) is 63.2 cm³/mol. The Kier molecular flexibility index (Phi) is 6.48. The summed E-state index contributed by atoms with van der Waals surface area (Å²) in [4.78, 5) is 20.6. The van der Waals surface area contributed by atoms with Crippen LogP contribution >= 0.6 is 23.2 Å². The van der Waals surface area contributed by atoms with Gasteiger partial charge in [-0.25, -0.2) is 0 Å². The highest BCUT2D eigenvalue weighted by Crippen LogP contribution is 2.11. The fourth-order valence-corrected chi connectivity index (χ4v) is 4.35. The molecule has 0 saturated carbocycles. The van der Waals surface area contributed by atoms with Crippen LogP contribution in [0.2, 0.25) is 0 Å². The van der Waals surface area contributed by atoms with E-state index in [1.807, 2.05) is 0 Å². The minimum atomic E-state index is -4.81. The molecule has 2 unspecified atom stereocenters. The van der Waals surface area contributed by atoms with Crippen molar-refractivity contribution in [2.75, 3.05) is 11.5 Å². The summed E-state index contributed by atoms with van der Waals surface area (Å²) in [6.07, 6.45) is 0. The molecule has 0 aliphatic carbocycles. The zero-order chi connectivity index (χ0) is 15.4. The van der Waals surface area contributed by atoms with E-state index in [1.54, 1.807) is 0 Å². The normalized spacial score (nSPS) is 15.7. The summed E-state index contributed by atoms with van der Waals surface area (Å²) < 4.78 is 48.4. The van der Waals surface area contributed by atoms with Crippen molar-refractivity contribution >= 4 is 55.4 Å². The maximum atomic E-state index is 11.2. The Labute approximate surface area is 118 Å². The molecule has 0 rings (SSSR count). The number of carboxylic acids is 2. The first-order valence-electron chi connectivity index (χ1n) is 4.26. The van der Waals surface area contributed by atoms with Gasteiger partial charge in [0.05, 0.1) is 0 Å². The third-order valence-electron chi connectivity index (χ3n) is 1.44. The van der Waals surface area contributed by atoms with E-state index in [0.29, 0.717) is 0 Å². The Morgan fingerprint density at radius 2 is 1.16 bits per heavy atom. The highest BCUT2D eigenvalue weighted by Gasteiger charge is 2.32. The van der Waals surface area contributed by atoms with Gasteiger partial charge in [-0.3, -0.25) is 9.59 Å². The van der Waals surface area contributed by atoms with E-state index in [4.69, 9.17) is 33.4 Å². The van der Waals surface area contributed by atoms with Gasteiger partial charge in [-0.05, 0) is 0 Å². The number of hydrogen-bond acceptors (Lipinski definition) is 7. The second-order valence-corrected chi connectivity index (χ2v) is 7.62. The predicted octanol–water partition coefficient (Wildman–Crippen LogP) is -0.953. The van der Waals surface area contributed by atoms with E-state index in [0.717, 1.165) is 0 Å². The standard InChI is InChI=1S/C6H8Cl2O9S2/c7-3(5(9)10)1-18(13,14)17-19(15,16)2-4(8)6(11)12/h3-4H,1-2H2,(H,9,10)(H,11,12). The largest absolute Gasteiger partial charge is 0.480 e. The van der Waals surface area contributed by atoms with Crippen LogP contribution in [-0.4, -0.2) is 61.2 Å².